The molecular formula is C22H25NO3. The van der Waals surface area contributed by atoms with Crippen LogP contribution in [0.3, 0.4) is 0 Å². The summed E-state index contributed by atoms with van der Waals surface area (Å²) in [5.74, 6) is -0.331. The third-order valence-corrected chi connectivity index (χ3v) is 4.85. The Morgan fingerprint density at radius 2 is 1.85 bits per heavy atom. The molecule has 0 heterocycles. The topological polar surface area (TPSA) is 55.4 Å². The molecule has 0 aliphatic heterocycles. The molecule has 1 atom stereocenters. The van der Waals surface area contributed by atoms with Crippen LogP contribution in [0.2, 0.25) is 0 Å². The van der Waals surface area contributed by atoms with E-state index in [0.717, 1.165) is 24.8 Å². The second kappa shape index (κ2) is 8.17. The number of hydrogen-bond acceptors (Lipinski definition) is 3. The van der Waals surface area contributed by atoms with Crippen LogP contribution < -0.4 is 5.32 Å². The molecule has 0 bridgehead atoms. The van der Waals surface area contributed by atoms with Crippen LogP contribution in [0.15, 0.2) is 48.5 Å². The third kappa shape index (κ3) is 4.31. The van der Waals surface area contributed by atoms with Gasteiger partial charge in [0.15, 0.2) is 6.61 Å². The predicted octanol–water partition coefficient (Wildman–Crippen LogP) is 4.16. The standard InChI is InChI=1S/C22H25NO3/c1-15(2)16-10-12-18(13-11-16)22(25)26-14-21(24)23-20-9-5-7-17-6-3-4-8-19(17)20/h3-4,6,8,10-13,15,20H,5,7,9,14H2,1-2H3,(H,23,24). The van der Waals surface area contributed by atoms with Gasteiger partial charge in [0.2, 0.25) is 0 Å². The molecule has 0 spiro atoms. The van der Waals surface area contributed by atoms with Crippen LogP contribution in [0, 0.1) is 0 Å². The van der Waals surface area contributed by atoms with Gasteiger partial charge >= 0.3 is 5.97 Å². The lowest BCUT2D eigenvalue weighted by atomic mass is 9.88. The normalized spacial score (nSPS) is 16.0. The summed E-state index contributed by atoms with van der Waals surface area (Å²) in [6.07, 6.45) is 3.00. The number of carbonyl (C=O) groups excluding carboxylic acids is 2. The van der Waals surface area contributed by atoms with Crippen molar-refractivity contribution in [2.45, 2.75) is 45.1 Å². The molecule has 2 aromatic rings. The van der Waals surface area contributed by atoms with E-state index in [4.69, 9.17) is 4.74 Å². The number of ether oxygens (including phenoxy) is 1. The number of esters is 1. The summed E-state index contributed by atoms with van der Waals surface area (Å²) >= 11 is 0. The summed E-state index contributed by atoms with van der Waals surface area (Å²) in [6, 6.07) is 15.5. The van der Waals surface area contributed by atoms with Crippen LogP contribution in [0.1, 0.15) is 65.7 Å². The van der Waals surface area contributed by atoms with Crippen molar-refractivity contribution < 1.29 is 14.3 Å². The van der Waals surface area contributed by atoms with E-state index in [1.54, 1.807) is 12.1 Å². The van der Waals surface area contributed by atoms with Crippen molar-refractivity contribution in [1.82, 2.24) is 5.32 Å². The van der Waals surface area contributed by atoms with E-state index < -0.39 is 5.97 Å². The summed E-state index contributed by atoms with van der Waals surface area (Å²) in [7, 11) is 0. The lowest BCUT2D eigenvalue weighted by Crippen LogP contribution is -2.34. The summed E-state index contributed by atoms with van der Waals surface area (Å²) in [5.41, 5.74) is 4.08. The zero-order chi connectivity index (χ0) is 18.5. The Labute approximate surface area is 154 Å². The maximum atomic E-state index is 12.2. The molecule has 1 aliphatic rings. The molecule has 2 aromatic carbocycles. The Morgan fingerprint density at radius 3 is 2.58 bits per heavy atom. The number of fused-ring (bicyclic) bond motifs is 1. The zero-order valence-electron chi connectivity index (χ0n) is 15.3. The maximum Gasteiger partial charge on any atom is 0.338 e. The van der Waals surface area contributed by atoms with E-state index in [1.807, 2.05) is 24.3 Å². The van der Waals surface area contributed by atoms with E-state index in [1.165, 1.54) is 11.1 Å². The summed E-state index contributed by atoms with van der Waals surface area (Å²) in [6.45, 7) is 3.94. The Bertz CT molecular complexity index is 780. The van der Waals surface area contributed by atoms with Crippen LogP contribution in [0.5, 0.6) is 0 Å². The molecule has 4 nitrogen and oxygen atoms in total. The van der Waals surface area contributed by atoms with Gasteiger partial charge in [-0.05, 0) is 54.0 Å². The van der Waals surface area contributed by atoms with Gasteiger partial charge in [-0.3, -0.25) is 4.79 Å². The van der Waals surface area contributed by atoms with Gasteiger partial charge in [-0.25, -0.2) is 4.79 Å². The van der Waals surface area contributed by atoms with Gasteiger partial charge in [0.25, 0.3) is 5.91 Å². The number of aryl methyl sites for hydroxylation is 1. The fraction of sp³-hybridized carbons (Fsp3) is 0.364. The van der Waals surface area contributed by atoms with Gasteiger partial charge in [0, 0.05) is 0 Å². The SMILES string of the molecule is CC(C)c1ccc(C(=O)OCC(=O)NC2CCCc3ccccc32)cc1. The minimum absolute atomic E-state index is 0.00326. The van der Waals surface area contributed by atoms with Crippen molar-refractivity contribution in [3.63, 3.8) is 0 Å². The van der Waals surface area contributed by atoms with Crippen LogP contribution in [-0.2, 0) is 16.0 Å². The zero-order valence-corrected chi connectivity index (χ0v) is 15.3. The highest BCUT2D eigenvalue weighted by Gasteiger charge is 2.21. The molecule has 1 amide bonds. The molecule has 0 radical (unpaired) electrons. The molecular weight excluding hydrogens is 326 g/mol. The smallest absolute Gasteiger partial charge is 0.338 e. The van der Waals surface area contributed by atoms with Crippen LogP contribution in [-0.4, -0.2) is 18.5 Å². The van der Waals surface area contributed by atoms with E-state index >= 15 is 0 Å². The summed E-state index contributed by atoms with van der Waals surface area (Å²) < 4.78 is 5.17. The first kappa shape index (κ1) is 18.2. The fourth-order valence-electron chi connectivity index (χ4n) is 3.36. The Hall–Kier alpha value is -2.62. The predicted molar refractivity (Wildman–Crippen MR) is 101 cm³/mol. The van der Waals surface area contributed by atoms with Crippen molar-refractivity contribution in [2.24, 2.45) is 0 Å². The highest BCUT2D eigenvalue weighted by Crippen LogP contribution is 2.29. The molecule has 0 saturated carbocycles. The maximum absolute atomic E-state index is 12.2. The third-order valence-electron chi connectivity index (χ3n) is 4.85. The monoisotopic (exact) mass is 351 g/mol. The van der Waals surface area contributed by atoms with Gasteiger partial charge in [0.1, 0.15) is 0 Å². The average molecular weight is 351 g/mol. The van der Waals surface area contributed by atoms with Gasteiger partial charge < -0.3 is 10.1 Å². The van der Waals surface area contributed by atoms with Gasteiger partial charge in [0.05, 0.1) is 11.6 Å². The summed E-state index contributed by atoms with van der Waals surface area (Å²) in [5, 5.41) is 2.99. The molecule has 0 fully saturated rings. The molecule has 1 unspecified atom stereocenters. The van der Waals surface area contributed by atoms with Crippen molar-refractivity contribution >= 4 is 11.9 Å². The highest BCUT2D eigenvalue weighted by molar-refractivity contribution is 5.91. The second-order valence-electron chi connectivity index (χ2n) is 7.06. The molecule has 0 aromatic heterocycles. The number of nitrogens with one attached hydrogen (secondary N) is 1. The minimum atomic E-state index is -0.473. The van der Waals surface area contributed by atoms with Gasteiger partial charge in [-0.2, -0.15) is 0 Å². The lowest BCUT2D eigenvalue weighted by molar-refractivity contribution is -0.125. The van der Waals surface area contributed by atoms with Gasteiger partial charge in [-0.15, -0.1) is 0 Å². The van der Waals surface area contributed by atoms with E-state index in [9.17, 15) is 9.59 Å². The largest absolute Gasteiger partial charge is 0.452 e. The molecule has 136 valence electrons. The fourth-order valence-corrected chi connectivity index (χ4v) is 3.36. The van der Waals surface area contributed by atoms with E-state index in [0.29, 0.717) is 11.5 Å². The molecule has 26 heavy (non-hydrogen) atoms. The minimum Gasteiger partial charge on any atom is -0.452 e. The summed E-state index contributed by atoms with van der Waals surface area (Å²) in [4.78, 5) is 24.3. The van der Waals surface area contributed by atoms with E-state index in [-0.39, 0.29) is 18.6 Å². The Kier molecular flexibility index (Phi) is 5.71. The first-order chi connectivity index (χ1) is 12.5. The van der Waals surface area contributed by atoms with Crippen molar-refractivity contribution in [3.8, 4) is 0 Å². The van der Waals surface area contributed by atoms with Crippen molar-refractivity contribution in [1.29, 1.82) is 0 Å². The van der Waals surface area contributed by atoms with Gasteiger partial charge in [-0.1, -0.05) is 50.2 Å². The first-order valence-corrected chi connectivity index (χ1v) is 9.19. The van der Waals surface area contributed by atoms with Crippen LogP contribution >= 0.6 is 0 Å². The average Bonchev–Trinajstić information content (AvgIpc) is 2.66. The molecule has 4 heteroatoms. The number of amides is 1. The van der Waals surface area contributed by atoms with E-state index in [2.05, 4.69) is 31.3 Å². The Balaban J connectivity index is 1.54. The number of hydrogen-bond donors (Lipinski definition) is 1. The lowest BCUT2D eigenvalue weighted by Gasteiger charge is -2.26. The molecule has 1 N–H and O–H groups in total. The van der Waals surface area contributed by atoms with Crippen LogP contribution in [0.25, 0.3) is 0 Å². The van der Waals surface area contributed by atoms with Crippen molar-refractivity contribution in [3.05, 3.63) is 70.8 Å². The van der Waals surface area contributed by atoms with Crippen molar-refractivity contribution in [2.75, 3.05) is 6.61 Å². The number of benzene rings is 2. The van der Waals surface area contributed by atoms with Crippen LogP contribution in [0.4, 0.5) is 0 Å². The first-order valence-electron chi connectivity index (χ1n) is 9.19. The molecule has 1 aliphatic carbocycles. The quantitative estimate of drug-likeness (QED) is 0.823. The number of rotatable bonds is 5. The highest BCUT2D eigenvalue weighted by atomic mass is 16.5. The Morgan fingerprint density at radius 1 is 1.12 bits per heavy atom. The number of carbonyl (C=O) groups is 2. The second-order valence-corrected chi connectivity index (χ2v) is 7.06. The molecule has 0 saturated heterocycles. The molecule has 3 rings (SSSR count).